The van der Waals surface area contributed by atoms with Crippen molar-refractivity contribution in [1.82, 2.24) is 4.90 Å². The number of sulfone groups is 1. The minimum atomic E-state index is -3.29. The molecular formula is C13H18N2O3S. The highest BCUT2D eigenvalue weighted by Crippen LogP contribution is 2.16. The highest BCUT2D eigenvalue weighted by Gasteiger charge is 2.22. The second kappa shape index (κ2) is 5.30. The van der Waals surface area contributed by atoms with Crippen molar-refractivity contribution < 1.29 is 13.2 Å². The van der Waals surface area contributed by atoms with Gasteiger partial charge in [-0.3, -0.25) is 4.79 Å². The normalized spacial score (nSPS) is 17.5. The Bertz CT molecular complexity index is 575. The monoisotopic (exact) mass is 282 g/mol. The van der Waals surface area contributed by atoms with Crippen molar-refractivity contribution >= 4 is 15.7 Å². The highest BCUT2D eigenvalue weighted by molar-refractivity contribution is 7.90. The van der Waals surface area contributed by atoms with Crippen molar-refractivity contribution in [2.24, 2.45) is 5.73 Å². The predicted octanol–water partition coefficient (Wildman–Crippen LogP) is 0.653. The summed E-state index contributed by atoms with van der Waals surface area (Å²) in [6.07, 6.45) is 2.71. The van der Waals surface area contributed by atoms with Gasteiger partial charge in [0.1, 0.15) is 0 Å². The largest absolute Gasteiger partial charge is 0.339 e. The molecule has 0 aromatic heterocycles. The summed E-state index contributed by atoms with van der Waals surface area (Å²) in [5.41, 5.74) is 6.21. The van der Waals surface area contributed by atoms with E-state index in [1.165, 1.54) is 12.1 Å². The first-order valence-corrected chi connectivity index (χ1v) is 8.12. The molecule has 0 radical (unpaired) electrons. The lowest BCUT2D eigenvalue weighted by Gasteiger charge is -2.30. The minimum Gasteiger partial charge on any atom is -0.339 e. The first-order valence-electron chi connectivity index (χ1n) is 6.23. The molecule has 0 atom stereocenters. The van der Waals surface area contributed by atoms with E-state index < -0.39 is 9.84 Å². The zero-order valence-electron chi connectivity index (χ0n) is 10.9. The average Bonchev–Trinajstić information content (AvgIpc) is 2.38. The van der Waals surface area contributed by atoms with Crippen LogP contribution in [0.25, 0.3) is 0 Å². The van der Waals surface area contributed by atoms with E-state index in [1.54, 1.807) is 17.0 Å². The van der Waals surface area contributed by atoms with Gasteiger partial charge in [0.25, 0.3) is 5.91 Å². The molecule has 1 fully saturated rings. The fourth-order valence-corrected chi connectivity index (χ4v) is 2.81. The first-order chi connectivity index (χ1) is 8.88. The van der Waals surface area contributed by atoms with Gasteiger partial charge in [-0.25, -0.2) is 8.42 Å². The molecule has 19 heavy (non-hydrogen) atoms. The third kappa shape index (κ3) is 3.33. The molecule has 1 aliphatic heterocycles. The lowest BCUT2D eigenvalue weighted by Crippen LogP contribution is -2.42. The number of nitrogens with zero attached hydrogens (tertiary/aromatic N) is 1. The molecule has 0 aliphatic carbocycles. The molecule has 0 unspecified atom stereocenters. The van der Waals surface area contributed by atoms with Gasteiger partial charge in [-0.15, -0.1) is 0 Å². The zero-order valence-corrected chi connectivity index (χ0v) is 11.7. The molecule has 0 saturated carbocycles. The minimum absolute atomic E-state index is 0.127. The number of piperidine rings is 1. The van der Waals surface area contributed by atoms with Crippen molar-refractivity contribution in [3.05, 3.63) is 29.8 Å². The third-order valence-corrected chi connectivity index (χ3v) is 4.45. The van der Waals surface area contributed by atoms with Gasteiger partial charge in [-0.05, 0) is 31.0 Å². The van der Waals surface area contributed by atoms with Crippen LogP contribution in [0, 0.1) is 0 Å². The van der Waals surface area contributed by atoms with Crippen LogP contribution < -0.4 is 5.73 Å². The van der Waals surface area contributed by atoms with E-state index >= 15 is 0 Å². The molecule has 0 bridgehead atoms. The lowest BCUT2D eigenvalue weighted by molar-refractivity contribution is 0.0714. The molecule has 0 spiro atoms. The number of amides is 1. The Morgan fingerprint density at radius 1 is 1.32 bits per heavy atom. The molecule has 1 aromatic rings. The molecule has 1 amide bonds. The maximum Gasteiger partial charge on any atom is 0.253 e. The van der Waals surface area contributed by atoms with E-state index in [4.69, 9.17) is 5.73 Å². The Balaban J connectivity index is 2.20. The van der Waals surface area contributed by atoms with Crippen LogP contribution in [-0.2, 0) is 9.84 Å². The van der Waals surface area contributed by atoms with Gasteiger partial charge in [-0.1, -0.05) is 6.07 Å². The lowest BCUT2D eigenvalue weighted by atomic mass is 10.0. The van der Waals surface area contributed by atoms with Crippen LogP contribution >= 0.6 is 0 Å². The number of hydrogen-bond acceptors (Lipinski definition) is 4. The Kier molecular flexibility index (Phi) is 3.91. The van der Waals surface area contributed by atoms with Crippen molar-refractivity contribution in [2.75, 3.05) is 19.3 Å². The van der Waals surface area contributed by atoms with E-state index in [2.05, 4.69) is 0 Å². The molecule has 2 N–H and O–H groups in total. The molecule has 1 aromatic carbocycles. The van der Waals surface area contributed by atoms with Crippen LogP contribution in [0.5, 0.6) is 0 Å². The van der Waals surface area contributed by atoms with Crippen LogP contribution in [0.1, 0.15) is 23.2 Å². The van der Waals surface area contributed by atoms with Gasteiger partial charge in [0.05, 0.1) is 4.90 Å². The Morgan fingerprint density at radius 2 is 1.95 bits per heavy atom. The summed E-state index contributed by atoms with van der Waals surface area (Å²) in [6.45, 7) is 1.26. The highest BCUT2D eigenvalue weighted by atomic mass is 32.2. The summed E-state index contributed by atoms with van der Waals surface area (Å²) < 4.78 is 23.0. The summed E-state index contributed by atoms with van der Waals surface area (Å²) in [5.74, 6) is -0.127. The van der Waals surface area contributed by atoms with Gasteiger partial charge in [-0.2, -0.15) is 0 Å². The van der Waals surface area contributed by atoms with Crippen LogP contribution in [0.2, 0.25) is 0 Å². The smallest absolute Gasteiger partial charge is 0.253 e. The Morgan fingerprint density at radius 3 is 2.53 bits per heavy atom. The second-order valence-corrected chi connectivity index (χ2v) is 6.95. The fraction of sp³-hybridized carbons (Fsp3) is 0.462. The number of benzene rings is 1. The zero-order chi connectivity index (χ0) is 14.0. The SMILES string of the molecule is CS(=O)(=O)c1cccc(C(=O)N2CCC(N)CC2)c1. The second-order valence-electron chi connectivity index (χ2n) is 4.93. The summed E-state index contributed by atoms with van der Waals surface area (Å²) in [6, 6.07) is 6.33. The molecule has 1 saturated heterocycles. The van der Waals surface area contributed by atoms with Crippen LogP contribution in [-0.4, -0.2) is 44.6 Å². The van der Waals surface area contributed by atoms with Gasteiger partial charge in [0, 0.05) is 31.0 Å². The molecule has 1 heterocycles. The summed E-state index contributed by atoms with van der Waals surface area (Å²) in [7, 11) is -3.29. The molecule has 104 valence electrons. The average molecular weight is 282 g/mol. The molecular weight excluding hydrogens is 264 g/mol. The Labute approximate surface area is 113 Å². The van der Waals surface area contributed by atoms with E-state index in [0.717, 1.165) is 19.1 Å². The van der Waals surface area contributed by atoms with Crippen LogP contribution in [0.3, 0.4) is 0 Å². The number of hydrogen-bond donors (Lipinski definition) is 1. The first kappa shape index (κ1) is 14.0. The summed E-state index contributed by atoms with van der Waals surface area (Å²) in [5, 5.41) is 0. The van der Waals surface area contributed by atoms with E-state index in [0.29, 0.717) is 18.7 Å². The summed E-state index contributed by atoms with van der Waals surface area (Å²) >= 11 is 0. The number of nitrogens with two attached hydrogens (primary N) is 1. The van der Waals surface area contributed by atoms with E-state index in [-0.39, 0.29) is 16.8 Å². The number of carbonyl (C=O) groups is 1. The van der Waals surface area contributed by atoms with E-state index in [1.807, 2.05) is 0 Å². The van der Waals surface area contributed by atoms with Gasteiger partial charge in [0.15, 0.2) is 9.84 Å². The quantitative estimate of drug-likeness (QED) is 0.864. The van der Waals surface area contributed by atoms with Crippen LogP contribution in [0.15, 0.2) is 29.2 Å². The van der Waals surface area contributed by atoms with Crippen molar-refractivity contribution in [3.63, 3.8) is 0 Å². The van der Waals surface area contributed by atoms with Crippen molar-refractivity contribution in [2.45, 2.75) is 23.8 Å². The van der Waals surface area contributed by atoms with Crippen LogP contribution in [0.4, 0.5) is 0 Å². The summed E-state index contributed by atoms with van der Waals surface area (Å²) in [4.78, 5) is 14.2. The topological polar surface area (TPSA) is 80.5 Å². The van der Waals surface area contributed by atoms with E-state index in [9.17, 15) is 13.2 Å². The third-order valence-electron chi connectivity index (χ3n) is 3.34. The molecule has 2 rings (SSSR count). The van der Waals surface area contributed by atoms with Gasteiger partial charge >= 0.3 is 0 Å². The van der Waals surface area contributed by atoms with Gasteiger partial charge < -0.3 is 10.6 Å². The molecule has 1 aliphatic rings. The van der Waals surface area contributed by atoms with Crippen molar-refractivity contribution in [1.29, 1.82) is 0 Å². The predicted molar refractivity (Wildman–Crippen MR) is 72.7 cm³/mol. The number of likely N-dealkylation sites (tertiary alicyclic amines) is 1. The number of carbonyl (C=O) groups excluding carboxylic acids is 1. The fourth-order valence-electron chi connectivity index (χ4n) is 2.14. The molecule has 5 nitrogen and oxygen atoms in total. The van der Waals surface area contributed by atoms with Crippen molar-refractivity contribution in [3.8, 4) is 0 Å². The standard InChI is InChI=1S/C13H18N2O3S/c1-19(17,18)12-4-2-3-10(9-12)13(16)15-7-5-11(14)6-8-15/h2-4,9,11H,5-8,14H2,1H3. The number of rotatable bonds is 2. The maximum absolute atomic E-state index is 12.3. The molecule has 6 heteroatoms. The maximum atomic E-state index is 12.3. The van der Waals surface area contributed by atoms with Gasteiger partial charge in [0.2, 0.25) is 0 Å². The Hall–Kier alpha value is -1.40.